The summed E-state index contributed by atoms with van der Waals surface area (Å²) in [6.07, 6.45) is 1.05. The molecule has 0 radical (unpaired) electrons. The molecule has 0 fully saturated rings. The van der Waals surface area contributed by atoms with Crippen LogP contribution in [-0.4, -0.2) is 5.33 Å². The molecule has 0 heterocycles. The Balaban J connectivity index is 2.96. The molecule has 2 heteroatoms. The van der Waals surface area contributed by atoms with E-state index in [4.69, 9.17) is 11.6 Å². The lowest BCUT2D eigenvalue weighted by molar-refractivity contribution is 1.13. The van der Waals surface area contributed by atoms with Crippen molar-refractivity contribution in [2.24, 2.45) is 0 Å². The number of rotatable bonds is 2. The van der Waals surface area contributed by atoms with E-state index in [1.165, 1.54) is 11.1 Å². The molecule has 0 aliphatic rings. The van der Waals surface area contributed by atoms with Gasteiger partial charge < -0.3 is 0 Å². The van der Waals surface area contributed by atoms with Crippen molar-refractivity contribution >= 4 is 27.5 Å². The molecule has 0 aliphatic heterocycles. The van der Waals surface area contributed by atoms with Gasteiger partial charge in [0.15, 0.2) is 0 Å². The van der Waals surface area contributed by atoms with Crippen molar-refractivity contribution in [2.75, 3.05) is 5.33 Å². The van der Waals surface area contributed by atoms with Gasteiger partial charge in [0.05, 0.1) is 0 Å². The van der Waals surface area contributed by atoms with E-state index in [0.717, 1.165) is 16.8 Å². The standard InChI is InChI=1S/C9H10BrCl/c1-7-8(5-6-10)3-2-4-9(7)11/h2-4H,5-6H2,1H3. The van der Waals surface area contributed by atoms with Crippen molar-refractivity contribution in [1.29, 1.82) is 0 Å². The molecule has 0 unspecified atom stereocenters. The minimum atomic E-state index is 0.864. The van der Waals surface area contributed by atoms with Gasteiger partial charge in [0.1, 0.15) is 0 Å². The number of aryl methyl sites for hydroxylation is 1. The zero-order valence-corrected chi connectivity index (χ0v) is 8.74. The lowest BCUT2D eigenvalue weighted by atomic mass is 10.1. The molecule has 0 amide bonds. The molecule has 11 heavy (non-hydrogen) atoms. The Morgan fingerprint density at radius 1 is 1.45 bits per heavy atom. The first kappa shape index (κ1) is 9.08. The second-order valence-electron chi connectivity index (χ2n) is 2.46. The molecule has 0 nitrogen and oxygen atoms in total. The lowest BCUT2D eigenvalue weighted by Gasteiger charge is -2.04. The van der Waals surface area contributed by atoms with Gasteiger partial charge in [-0.1, -0.05) is 39.7 Å². The van der Waals surface area contributed by atoms with E-state index in [-0.39, 0.29) is 0 Å². The Kier molecular flexibility index (Phi) is 3.41. The second kappa shape index (κ2) is 4.13. The van der Waals surface area contributed by atoms with Crippen LogP contribution in [-0.2, 0) is 6.42 Å². The predicted molar refractivity (Wildman–Crippen MR) is 53.7 cm³/mol. The summed E-state index contributed by atoms with van der Waals surface area (Å²) in [6, 6.07) is 6.03. The van der Waals surface area contributed by atoms with Crippen LogP contribution >= 0.6 is 27.5 Å². The maximum atomic E-state index is 5.93. The zero-order valence-electron chi connectivity index (χ0n) is 6.40. The van der Waals surface area contributed by atoms with Crippen molar-refractivity contribution in [3.05, 3.63) is 34.3 Å². The first-order valence-electron chi connectivity index (χ1n) is 3.55. The van der Waals surface area contributed by atoms with E-state index < -0.39 is 0 Å². The predicted octanol–water partition coefficient (Wildman–Crippen LogP) is 3.59. The van der Waals surface area contributed by atoms with Crippen molar-refractivity contribution in [2.45, 2.75) is 13.3 Å². The smallest absolute Gasteiger partial charge is 0.0437 e. The molecule has 1 aromatic rings. The van der Waals surface area contributed by atoms with Gasteiger partial charge in [-0.15, -0.1) is 0 Å². The average Bonchev–Trinajstić information content (AvgIpc) is 1.99. The molecular weight excluding hydrogens is 223 g/mol. The van der Waals surface area contributed by atoms with Crippen molar-refractivity contribution in [1.82, 2.24) is 0 Å². The molecule has 0 bridgehead atoms. The van der Waals surface area contributed by atoms with Gasteiger partial charge in [-0.25, -0.2) is 0 Å². The summed E-state index contributed by atoms with van der Waals surface area (Å²) < 4.78 is 0. The Hall–Kier alpha value is -0.0100. The summed E-state index contributed by atoms with van der Waals surface area (Å²) in [5.41, 5.74) is 2.53. The van der Waals surface area contributed by atoms with E-state index in [0.29, 0.717) is 0 Å². The number of hydrogen-bond acceptors (Lipinski definition) is 0. The van der Waals surface area contributed by atoms with Gasteiger partial charge in [0.25, 0.3) is 0 Å². The molecule has 0 spiro atoms. The summed E-state index contributed by atoms with van der Waals surface area (Å²) in [5.74, 6) is 0. The van der Waals surface area contributed by atoms with E-state index >= 15 is 0 Å². The minimum Gasteiger partial charge on any atom is -0.0924 e. The Bertz CT molecular complexity index is 245. The summed E-state index contributed by atoms with van der Waals surface area (Å²) >= 11 is 9.34. The first-order chi connectivity index (χ1) is 5.25. The highest BCUT2D eigenvalue weighted by Gasteiger charge is 1.99. The second-order valence-corrected chi connectivity index (χ2v) is 3.66. The summed E-state index contributed by atoms with van der Waals surface area (Å²) in [7, 11) is 0. The maximum Gasteiger partial charge on any atom is 0.0437 e. The molecule has 0 N–H and O–H groups in total. The third-order valence-corrected chi connectivity index (χ3v) is 2.55. The van der Waals surface area contributed by atoms with Gasteiger partial charge in [-0.3, -0.25) is 0 Å². The van der Waals surface area contributed by atoms with Gasteiger partial charge >= 0.3 is 0 Å². The molecule has 0 saturated carbocycles. The largest absolute Gasteiger partial charge is 0.0924 e. The average molecular weight is 234 g/mol. The molecule has 0 aliphatic carbocycles. The maximum absolute atomic E-state index is 5.93. The first-order valence-corrected chi connectivity index (χ1v) is 5.05. The fraction of sp³-hybridized carbons (Fsp3) is 0.333. The molecule has 0 saturated heterocycles. The van der Waals surface area contributed by atoms with Gasteiger partial charge in [-0.2, -0.15) is 0 Å². The molecule has 0 aromatic heterocycles. The van der Waals surface area contributed by atoms with Crippen LogP contribution in [0.25, 0.3) is 0 Å². The van der Waals surface area contributed by atoms with Crippen LogP contribution < -0.4 is 0 Å². The third-order valence-electron chi connectivity index (χ3n) is 1.74. The normalized spacial score (nSPS) is 10.1. The van der Waals surface area contributed by atoms with Crippen LogP contribution in [0.5, 0.6) is 0 Å². The van der Waals surface area contributed by atoms with Crippen LogP contribution in [0.4, 0.5) is 0 Å². The number of hydrogen-bond donors (Lipinski definition) is 0. The molecule has 60 valence electrons. The summed E-state index contributed by atoms with van der Waals surface area (Å²) in [4.78, 5) is 0. The van der Waals surface area contributed by atoms with E-state index in [1.54, 1.807) is 0 Å². The SMILES string of the molecule is Cc1c(Cl)cccc1CCBr. The van der Waals surface area contributed by atoms with Gasteiger partial charge in [-0.05, 0) is 30.5 Å². The summed E-state index contributed by atoms with van der Waals surface area (Å²) in [5, 5.41) is 1.86. The molecular formula is C9H10BrCl. The number of halogens is 2. The quantitative estimate of drug-likeness (QED) is 0.685. The Morgan fingerprint density at radius 2 is 2.18 bits per heavy atom. The highest BCUT2D eigenvalue weighted by Crippen LogP contribution is 2.19. The highest BCUT2D eigenvalue weighted by molar-refractivity contribution is 9.09. The van der Waals surface area contributed by atoms with Crippen LogP contribution in [0, 0.1) is 6.92 Å². The molecule has 1 rings (SSSR count). The fourth-order valence-electron chi connectivity index (χ4n) is 1.02. The van der Waals surface area contributed by atoms with Crippen molar-refractivity contribution in [3.8, 4) is 0 Å². The van der Waals surface area contributed by atoms with E-state index in [9.17, 15) is 0 Å². The van der Waals surface area contributed by atoms with Crippen LogP contribution in [0.1, 0.15) is 11.1 Å². The number of benzene rings is 1. The Labute approximate surface area is 80.7 Å². The topological polar surface area (TPSA) is 0 Å². The van der Waals surface area contributed by atoms with Gasteiger partial charge in [0, 0.05) is 10.4 Å². The monoisotopic (exact) mass is 232 g/mol. The van der Waals surface area contributed by atoms with Crippen molar-refractivity contribution < 1.29 is 0 Å². The highest BCUT2D eigenvalue weighted by atomic mass is 79.9. The molecule has 1 aromatic carbocycles. The Morgan fingerprint density at radius 3 is 2.82 bits per heavy atom. The van der Waals surface area contributed by atoms with Gasteiger partial charge in [0.2, 0.25) is 0 Å². The van der Waals surface area contributed by atoms with Crippen molar-refractivity contribution in [3.63, 3.8) is 0 Å². The van der Waals surface area contributed by atoms with E-state index in [2.05, 4.69) is 28.9 Å². The minimum absolute atomic E-state index is 0.864. The zero-order chi connectivity index (χ0) is 8.27. The van der Waals surface area contributed by atoms with E-state index in [1.807, 2.05) is 12.1 Å². The third kappa shape index (κ3) is 2.21. The lowest BCUT2D eigenvalue weighted by Crippen LogP contribution is -1.90. The van der Waals surface area contributed by atoms with Crippen LogP contribution in [0.15, 0.2) is 18.2 Å². The van der Waals surface area contributed by atoms with Crippen LogP contribution in [0.2, 0.25) is 5.02 Å². The number of alkyl halides is 1. The molecule has 0 atom stereocenters. The van der Waals surface area contributed by atoms with Crippen LogP contribution in [0.3, 0.4) is 0 Å². The summed E-state index contributed by atoms with van der Waals surface area (Å²) in [6.45, 7) is 2.06. The fourth-order valence-corrected chi connectivity index (χ4v) is 1.65.